The Morgan fingerprint density at radius 2 is 1.93 bits per heavy atom. The molecule has 1 saturated heterocycles. The number of nitrogens with one attached hydrogen (secondary N) is 2. The number of halogens is 1. The van der Waals surface area contributed by atoms with Gasteiger partial charge in [-0.1, -0.05) is 24.3 Å². The van der Waals surface area contributed by atoms with Gasteiger partial charge in [-0.3, -0.25) is 9.89 Å². The maximum Gasteiger partial charge on any atom is 0.190 e. The monoisotopic (exact) mass is 528 g/mol. The number of aliphatic imine (C=N–C) groups is 1. The van der Waals surface area contributed by atoms with Crippen molar-refractivity contribution in [2.75, 3.05) is 39.8 Å². The molecule has 2 heterocycles. The predicted octanol–water partition coefficient (Wildman–Crippen LogP) is 4.21. The first kappa shape index (κ1) is 24.0. The average molecular weight is 529 g/mol. The van der Waals surface area contributed by atoms with Gasteiger partial charge in [-0.25, -0.2) is 0 Å². The number of para-hydroxylation sites is 1. The molecule has 1 aromatic carbocycles. The van der Waals surface area contributed by atoms with Crippen molar-refractivity contribution in [3.63, 3.8) is 0 Å². The topological polar surface area (TPSA) is 48.9 Å². The minimum atomic E-state index is 0. The SMILES string of the molecule is CN=C(NCCCOc1ccccc1)NCC1CCN(Cc2cccs2)CC1.I. The first-order valence-electron chi connectivity index (χ1n) is 10.2. The molecule has 29 heavy (non-hydrogen) atoms. The Morgan fingerprint density at radius 3 is 2.62 bits per heavy atom. The molecule has 1 aliphatic heterocycles. The highest BCUT2D eigenvalue weighted by Gasteiger charge is 2.19. The normalized spacial score (nSPS) is 15.6. The number of thiophene rings is 1. The Kier molecular flexibility index (Phi) is 11.4. The van der Waals surface area contributed by atoms with Crippen LogP contribution in [0.1, 0.15) is 24.1 Å². The zero-order valence-electron chi connectivity index (χ0n) is 17.2. The molecule has 0 aliphatic carbocycles. The molecule has 1 aromatic heterocycles. The molecule has 1 fully saturated rings. The van der Waals surface area contributed by atoms with Crippen molar-refractivity contribution in [1.29, 1.82) is 0 Å². The predicted molar refractivity (Wildman–Crippen MR) is 134 cm³/mol. The van der Waals surface area contributed by atoms with Crippen molar-refractivity contribution in [2.45, 2.75) is 25.8 Å². The molecular weight excluding hydrogens is 495 g/mol. The van der Waals surface area contributed by atoms with Crippen LogP contribution in [0.3, 0.4) is 0 Å². The number of guanidine groups is 1. The van der Waals surface area contributed by atoms with E-state index in [0.717, 1.165) is 43.7 Å². The molecule has 3 rings (SSSR count). The summed E-state index contributed by atoms with van der Waals surface area (Å²) in [6, 6.07) is 14.3. The highest BCUT2D eigenvalue weighted by atomic mass is 127. The molecule has 0 unspecified atom stereocenters. The number of likely N-dealkylation sites (tertiary alicyclic amines) is 1. The molecule has 7 heteroatoms. The Hall–Kier alpha value is -1.32. The van der Waals surface area contributed by atoms with Crippen LogP contribution in [0.2, 0.25) is 0 Å². The lowest BCUT2D eigenvalue weighted by Crippen LogP contribution is -2.43. The standard InChI is InChI=1S/C22H32N4OS.HI/c1-23-22(24-12-6-15-27-20-7-3-2-4-8-20)25-17-19-10-13-26(14-11-19)18-21-9-5-16-28-21;/h2-5,7-9,16,19H,6,10-15,17-18H2,1H3,(H2,23,24,25);1H. The third kappa shape index (κ3) is 8.92. The van der Waals surface area contributed by atoms with Crippen LogP contribution in [0, 0.1) is 5.92 Å². The number of hydrogen-bond donors (Lipinski definition) is 2. The molecule has 0 amide bonds. The molecule has 0 saturated carbocycles. The summed E-state index contributed by atoms with van der Waals surface area (Å²) < 4.78 is 5.72. The zero-order chi connectivity index (χ0) is 19.4. The van der Waals surface area contributed by atoms with E-state index in [-0.39, 0.29) is 24.0 Å². The third-order valence-corrected chi connectivity index (χ3v) is 5.94. The minimum absolute atomic E-state index is 0. The van der Waals surface area contributed by atoms with Crippen molar-refractivity contribution >= 4 is 41.3 Å². The molecule has 160 valence electrons. The maximum atomic E-state index is 5.72. The smallest absolute Gasteiger partial charge is 0.190 e. The summed E-state index contributed by atoms with van der Waals surface area (Å²) in [4.78, 5) is 8.38. The average Bonchev–Trinajstić information content (AvgIpc) is 3.25. The molecule has 0 spiro atoms. The number of rotatable bonds is 9. The van der Waals surface area contributed by atoms with Crippen molar-refractivity contribution in [3.05, 3.63) is 52.7 Å². The third-order valence-electron chi connectivity index (χ3n) is 5.07. The van der Waals surface area contributed by atoms with Crippen LogP contribution in [0.25, 0.3) is 0 Å². The molecule has 2 aromatic rings. The van der Waals surface area contributed by atoms with E-state index >= 15 is 0 Å². The zero-order valence-corrected chi connectivity index (χ0v) is 20.3. The van der Waals surface area contributed by atoms with Gasteiger partial charge in [0.1, 0.15) is 5.75 Å². The number of benzene rings is 1. The van der Waals surface area contributed by atoms with Crippen molar-refractivity contribution in [1.82, 2.24) is 15.5 Å². The van der Waals surface area contributed by atoms with E-state index in [4.69, 9.17) is 4.74 Å². The number of nitrogens with zero attached hydrogens (tertiary/aromatic N) is 2. The lowest BCUT2D eigenvalue weighted by atomic mass is 9.97. The largest absolute Gasteiger partial charge is 0.494 e. The second-order valence-electron chi connectivity index (χ2n) is 7.19. The van der Waals surface area contributed by atoms with E-state index in [0.29, 0.717) is 6.61 Å². The number of ether oxygens (including phenoxy) is 1. The first-order chi connectivity index (χ1) is 13.8. The van der Waals surface area contributed by atoms with Gasteiger partial charge < -0.3 is 15.4 Å². The summed E-state index contributed by atoms with van der Waals surface area (Å²) in [5.74, 6) is 2.54. The second kappa shape index (κ2) is 13.8. The van der Waals surface area contributed by atoms with Gasteiger partial charge in [0.25, 0.3) is 0 Å². The van der Waals surface area contributed by atoms with E-state index in [1.807, 2.05) is 48.7 Å². The lowest BCUT2D eigenvalue weighted by Gasteiger charge is -2.32. The molecule has 2 N–H and O–H groups in total. The molecule has 5 nitrogen and oxygen atoms in total. The highest BCUT2D eigenvalue weighted by molar-refractivity contribution is 14.0. The fourth-order valence-corrected chi connectivity index (χ4v) is 4.17. The van der Waals surface area contributed by atoms with Crippen molar-refractivity contribution in [2.24, 2.45) is 10.9 Å². The lowest BCUT2D eigenvalue weighted by molar-refractivity contribution is 0.179. The molecule has 1 aliphatic rings. The van der Waals surface area contributed by atoms with Crippen molar-refractivity contribution < 1.29 is 4.74 Å². The first-order valence-corrected chi connectivity index (χ1v) is 11.1. The van der Waals surface area contributed by atoms with Crippen LogP contribution in [-0.2, 0) is 6.54 Å². The quantitative estimate of drug-likeness (QED) is 0.222. The van der Waals surface area contributed by atoms with Crippen LogP contribution >= 0.6 is 35.3 Å². The fraction of sp³-hybridized carbons (Fsp3) is 0.500. The van der Waals surface area contributed by atoms with Crippen LogP contribution < -0.4 is 15.4 Å². The maximum absolute atomic E-state index is 5.72. The van der Waals surface area contributed by atoms with Crippen LogP contribution in [0.4, 0.5) is 0 Å². The summed E-state index contributed by atoms with van der Waals surface area (Å²) in [6.07, 6.45) is 3.44. The van der Waals surface area contributed by atoms with E-state index < -0.39 is 0 Å². The van der Waals surface area contributed by atoms with Gasteiger partial charge in [0.05, 0.1) is 6.61 Å². The minimum Gasteiger partial charge on any atom is -0.494 e. The molecule has 0 atom stereocenters. The summed E-state index contributed by atoms with van der Waals surface area (Å²) >= 11 is 1.86. The van der Waals surface area contributed by atoms with Gasteiger partial charge in [0.15, 0.2) is 5.96 Å². The Labute approximate surface area is 196 Å². The van der Waals surface area contributed by atoms with E-state index in [9.17, 15) is 0 Å². The Balaban J connectivity index is 0.00000300. The fourth-order valence-electron chi connectivity index (χ4n) is 3.42. The van der Waals surface area contributed by atoms with Crippen molar-refractivity contribution in [3.8, 4) is 5.75 Å². The second-order valence-corrected chi connectivity index (χ2v) is 8.23. The van der Waals surface area contributed by atoms with Gasteiger partial charge in [0, 0.05) is 31.6 Å². The van der Waals surface area contributed by atoms with Gasteiger partial charge in [-0.15, -0.1) is 35.3 Å². The molecular formula is C22H33IN4OS. The summed E-state index contributed by atoms with van der Waals surface area (Å²) in [5, 5.41) is 9.04. The van der Waals surface area contributed by atoms with E-state index in [2.05, 4.69) is 38.0 Å². The van der Waals surface area contributed by atoms with E-state index in [1.165, 1.54) is 30.8 Å². The van der Waals surface area contributed by atoms with Crippen LogP contribution in [0.15, 0.2) is 52.8 Å². The van der Waals surface area contributed by atoms with Crippen LogP contribution in [0.5, 0.6) is 5.75 Å². The van der Waals surface area contributed by atoms with E-state index in [1.54, 1.807) is 0 Å². The number of hydrogen-bond acceptors (Lipinski definition) is 4. The van der Waals surface area contributed by atoms with Gasteiger partial charge in [-0.05, 0) is 61.8 Å². The summed E-state index contributed by atoms with van der Waals surface area (Å²) in [7, 11) is 1.83. The molecule has 0 bridgehead atoms. The Morgan fingerprint density at radius 1 is 1.14 bits per heavy atom. The summed E-state index contributed by atoms with van der Waals surface area (Å²) in [6.45, 7) is 6.03. The highest BCUT2D eigenvalue weighted by Crippen LogP contribution is 2.20. The van der Waals surface area contributed by atoms with Crippen LogP contribution in [-0.4, -0.2) is 50.7 Å². The van der Waals surface area contributed by atoms with Gasteiger partial charge in [-0.2, -0.15) is 0 Å². The van der Waals surface area contributed by atoms with Gasteiger partial charge in [0.2, 0.25) is 0 Å². The Bertz CT molecular complexity index is 688. The summed E-state index contributed by atoms with van der Waals surface area (Å²) in [5.41, 5.74) is 0. The molecule has 0 radical (unpaired) electrons. The van der Waals surface area contributed by atoms with Gasteiger partial charge >= 0.3 is 0 Å². The number of piperidine rings is 1.